The van der Waals surface area contributed by atoms with Crippen molar-refractivity contribution < 1.29 is 4.74 Å². The molecule has 4 heavy (non-hydrogen) atoms. The third-order valence-corrected chi connectivity index (χ3v) is 0.118. The standard InChI is InChI=1S/C3H4O/c1-3-4-2/h3H,2H3. The van der Waals surface area contributed by atoms with E-state index >= 15 is 0 Å². The van der Waals surface area contributed by atoms with Crippen LogP contribution in [-0.2, 0) is 4.74 Å². The Balaban J connectivity index is 2.30. The van der Waals surface area contributed by atoms with E-state index in [2.05, 4.69) is 4.74 Å². The summed E-state index contributed by atoms with van der Waals surface area (Å²) in [4.78, 5) is 0. The van der Waals surface area contributed by atoms with Crippen LogP contribution in [0.2, 0.25) is 0 Å². The van der Waals surface area contributed by atoms with Crippen molar-refractivity contribution in [2.75, 3.05) is 7.11 Å². The molecule has 0 rings (SSSR count). The Morgan fingerprint density at radius 2 is 2.25 bits per heavy atom. The van der Waals surface area contributed by atoms with Crippen molar-refractivity contribution in [2.45, 2.75) is 0 Å². The van der Waals surface area contributed by atoms with Gasteiger partial charge in [-0.15, -0.1) is 0 Å². The molecule has 22 valence electrons. The van der Waals surface area contributed by atoms with Gasteiger partial charge in [-0.3, -0.25) is 0 Å². The van der Waals surface area contributed by atoms with Crippen molar-refractivity contribution in [3.05, 3.63) is 12.8 Å². The van der Waals surface area contributed by atoms with Gasteiger partial charge in [0.15, 0.2) is 0 Å². The Bertz CT molecular complexity index is 17.2. The molecule has 0 amide bonds. The van der Waals surface area contributed by atoms with Crippen LogP contribution in [0.15, 0.2) is 6.26 Å². The molecule has 0 saturated carbocycles. The molecule has 0 aliphatic heterocycles. The summed E-state index contributed by atoms with van der Waals surface area (Å²) in [6, 6.07) is 0. The van der Waals surface area contributed by atoms with Crippen molar-refractivity contribution in [2.24, 2.45) is 0 Å². The first-order chi connectivity index (χ1) is 1.91. The van der Waals surface area contributed by atoms with E-state index in [1.54, 1.807) is 0 Å². The molecule has 2 radical (unpaired) electrons. The highest BCUT2D eigenvalue weighted by molar-refractivity contribution is 4.35. The van der Waals surface area contributed by atoms with Crippen molar-refractivity contribution >= 4 is 0 Å². The van der Waals surface area contributed by atoms with E-state index in [9.17, 15) is 0 Å². The van der Waals surface area contributed by atoms with Gasteiger partial charge in [0.2, 0.25) is 0 Å². The van der Waals surface area contributed by atoms with Gasteiger partial charge >= 0.3 is 0 Å². The minimum Gasteiger partial charge on any atom is -0.504 e. The van der Waals surface area contributed by atoms with Crippen LogP contribution in [-0.4, -0.2) is 7.11 Å². The summed E-state index contributed by atoms with van der Waals surface area (Å²) in [5.41, 5.74) is 0. The minimum absolute atomic E-state index is 0.875. The zero-order valence-electron chi connectivity index (χ0n) is 2.49. The second-order valence-corrected chi connectivity index (χ2v) is 0.354. The van der Waals surface area contributed by atoms with Crippen molar-refractivity contribution in [1.82, 2.24) is 0 Å². The van der Waals surface area contributed by atoms with Gasteiger partial charge < -0.3 is 4.74 Å². The van der Waals surface area contributed by atoms with Crippen molar-refractivity contribution in [1.29, 1.82) is 0 Å². The predicted molar refractivity (Wildman–Crippen MR) is 14.8 cm³/mol. The highest BCUT2D eigenvalue weighted by atomic mass is 16.5. The molecule has 1 heteroatoms. The summed E-state index contributed by atoms with van der Waals surface area (Å²) in [5.74, 6) is 0. The predicted octanol–water partition coefficient (Wildman–Crippen LogP) is 0.456. The van der Waals surface area contributed by atoms with Crippen molar-refractivity contribution in [3.8, 4) is 0 Å². The van der Waals surface area contributed by atoms with E-state index in [4.69, 9.17) is 6.58 Å². The molecule has 0 aliphatic rings. The van der Waals surface area contributed by atoms with Gasteiger partial charge in [-0.2, -0.15) is 0 Å². The second-order valence-electron chi connectivity index (χ2n) is 0.354. The Labute approximate surface area is 25.9 Å². The van der Waals surface area contributed by atoms with Gasteiger partial charge in [0.25, 0.3) is 0 Å². The molecular weight excluding hydrogens is 52.0 g/mol. The third kappa shape index (κ3) is 1.54. The highest BCUT2D eigenvalue weighted by Gasteiger charge is 1.37. The second kappa shape index (κ2) is 2.54. The normalized spacial score (nSPS) is 5.25. The molecule has 0 aliphatic carbocycles. The smallest absolute Gasteiger partial charge is 0.0911 e. The van der Waals surface area contributed by atoms with Crippen LogP contribution in [0.1, 0.15) is 0 Å². The number of rotatable bonds is 1. The fourth-order valence-corrected chi connectivity index (χ4v) is 0. The van der Waals surface area contributed by atoms with Gasteiger partial charge in [-0.05, 0) is 0 Å². The Morgan fingerprint density at radius 3 is 2.25 bits per heavy atom. The largest absolute Gasteiger partial charge is 0.504 e. The molecule has 0 aromatic carbocycles. The van der Waals surface area contributed by atoms with E-state index in [0.29, 0.717) is 0 Å². The van der Waals surface area contributed by atoms with Crippen LogP contribution in [0, 0.1) is 6.58 Å². The van der Waals surface area contributed by atoms with Gasteiger partial charge in [0.1, 0.15) is 0 Å². The van der Waals surface area contributed by atoms with E-state index in [-0.39, 0.29) is 0 Å². The first-order valence-electron chi connectivity index (χ1n) is 0.933. The van der Waals surface area contributed by atoms with Crippen LogP contribution in [0.3, 0.4) is 0 Å². The van der Waals surface area contributed by atoms with E-state index < -0.39 is 0 Å². The Morgan fingerprint density at radius 1 is 2.00 bits per heavy atom. The molecule has 0 aromatic rings. The number of methoxy groups -OCH3 is 1. The zero-order valence-corrected chi connectivity index (χ0v) is 2.49. The maximum absolute atomic E-state index is 6.10. The average molecular weight is 56.1 g/mol. The maximum Gasteiger partial charge on any atom is 0.0911 e. The Hall–Kier alpha value is -0.460. The van der Waals surface area contributed by atoms with Crippen LogP contribution >= 0.6 is 0 Å². The maximum atomic E-state index is 6.10. The molecule has 0 aromatic heterocycles. The lowest BCUT2D eigenvalue weighted by atomic mass is 11.2. The van der Waals surface area contributed by atoms with Crippen LogP contribution < -0.4 is 0 Å². The van der Waals surface area contributed by atoms with E-state index in [0.717, 1.165) is 6.26 Å². The highest BCUT2D eigenvalue weighted by Crippen LogP contribution is 1.51. The molecule has 0 heterocycles. The molecule has 0 unspecified atom stereocenters. The van der Waals surface area contributed by atoms with E-state index in [1.807, 2.05) is 0 Å². The van der Waals surface area contributed by atoms with Crippen LogP contribution in [0.25, 0.3) is 0 Å². The first kappa shape index (κ1) is 3.54. The number of hydrogen-bond acceptors (Lipinski definition) is 1. The van der Waals surface area contributed by atoms with Gasteiger partial charge in [-0.25, -0.2) is 0 Å². The number of hydrogen-bond donors (Lipinski definition) is 0. The van der Waals surface area contributed by atoms with E-state index in [1.165, 1.54) is 7.11 Å². The van der Waals surface area contributed by atoms with Gasteiger partial charge in [0, 0.05) is 6.58 Å². The fraction of sp³-hybridized carbons (Fsp3) is 0.333. The molecule has 0 atom stereocenters. The third-order valence-electron chi connectivity index (χ3n) is 0.118. The first-order valence-corrected chi connectivity index (χ1v) is 0.933. The summed E-state index contributed by atoms with van der Waals surface area (Å²) in [5, 5.41) is 0. The summed E-state index contributed by atoms with van der Waals surface area (Å²) in [7, 11) is 1.44. The minimum atomic E-state index is 0.875. The molecule has 1 nitrogen and oxygen atoms in total. The fourth-order valence-electron chi connectivity index (χ4n) is 0. The quantitative estimate of drug-likeness (QED) is 0.396. The molecule has 0 N–H and O–H groups in total. The molecular formula is C3H4O. The lowest BCUT2D eigenvalue weighted by Crippen LogP contribution is -1.54. The van der Waals surface area contributed by atoms with Crippen LogP contribution in [0.5, 0.6) is 0 Å². The topological polar surface area (TPSA) is 9.23 Å². The molecule has 0 fully saturated rings. The molecule has 0 bridgehead atoms. The summed E-state index contributed by atoms with van der Waals surface area (Å²) in [6.45, 7) is 6.10. The number of ether oxygens (including phenoxy) is 1. The van der Waals surface area contributed by atoms with Crippen molar-refractivity contribution in [3.63, 3.8) is 0 Å². The lowest BCUT2D eigenvalue weighted by molar-refractivity contribution is 0.338. The summed E-state index contributed by atoms with van der Waals surface area (Å²) < 4.78 is 4.08. The lowest BCUT2D eigenvalue weighted by Gasteiger charge is -1.72. The molecule has 0 spiro atoms. The SMILES string of the molecule is [C]=COC. The summed E-state index contributed by atoms with van der Waals surface area (Å²) >= 11 is 0. The van der Waals surface area contributed by atoms with Gasteiger partial charge in [0.05, 0.1) is 13.4 Å². The molecule has 0 saturated heterocycles. The van der Waals surface area contributed by atoms with Gasteiger partial charge in [-0.1, -0.05) is 0 Å². The zero-order chi connectivity index (χ0) is 3.41. The Kier molecular flexibility index (Phi) is 2.25. The summed E-state index contributed by atoms with van der Waals surface area (Å²) in [6.07, 6.45) is 0.875. The van der Waals surface area contributed by atoms with Crippen LogP contribution in [0.4, 0.5) is 0 Å². The monoisotopic (exact) mass is 56.0 g/mol. The average Bonchev–Trinajstić information content (AvgIpc) is 1.37.